The summed E-state index contributed by atoms with van der Waals surface area (Å²) in [5, 5.41) is 15.9. The van der Waals surface area contributed by atoms with Crippen LogP contribution in [0.3, 0.4) is 0 Å². The Morgan fingerprint density at radius 1 is 0.818 bits per heavy atom. The molecule has 44 heavy (non-hydrogen) atoms. The summed E-state index contributed by atoms with van der Waals surface area (Å²) >= 11 is 0. The number of aliphatic hydroxyl groups excluding tert-OH is 1. The van der Waals surface area contributed by atoms with Crippen molar-refractivity contribution in [2.45, 2.75) is 155 Å². The van der Waals surface area contributed by atoms with Gasteiger partial charge in [0.1, 0.15) is 0 Å². The van der Waals surface area contributed by atoms with Gasteiger partial charge in [-0.1, -0.05) is 59.8 Å². The molecule has 258 valence electrons. The Labute approximate surface area is 271 Å². The number of fused-ring (bicyclic) bond motifs is 5. The first kappa shape index (κ1) is 36.6. The van der Waals surface area contributed by atoms with Crippen LogP contribution in [0, 0.1) is 46.3 Å². The predicted octanol–water partition coefficient (Wildman–Crippen LogP) is 7.06. The van der Waals surface area contributed by atoms with Gasteiger partial charge in [-0.2, -0.15) is 0 Å². The molecular weight excluding hydrogens is 546 g/mol. The number of aliphatic hydroxyl groups is 1. The van der Waals surface area contributed by atoms with Crippen molar-refractivity contribution in [2.24, 2.45) is 57.8 Å². The lowest BCUT2D eigenvalue weighted by Gasteiger charge is -2.64. The Morgan fingerprint density at radius 3 is 2.27 bits per heavy atom. The molecule has 6 N–H and O–H groups in total. The van der Waals surface area contributed by atoms with E-state index in [1.54, 1.807) is 0 Å². The van der Waals surface area contributed by atoms with Crippen molar-refractivity contribution in [1.29, 1.82) is 0 Å². The van der Waals surface area contributed by atoms with E-state index in [4.69, 9.17) is 20.9 Å². The highest BCUT2D eigenvalue weighted by Crippen LogP contribution is 2.68. The monoisotopic (exact) mass is 620 g/mol. The summed E-state index contributed by atoms with van der Waals surface area (Å²) in [7, 11) is 0. The molecule has 4 aliphatic rings. The van der Waals surface area contributed by atoms with Crippen molar-refractivity contribution in [1.82, 2.24) is 5.32 Å². The van der Waals surface area contributed by atoms with Gasteiger partial charge in [0.15, 0.2) is 0 Å². The van der Waals surface area contributed by atoms with Crippen molar-refractivity contribution in [3.8, 4) is 0 Å². The smallest absolute Gasteiger partial charge is 0.0611 e. The first-order chi connectivity index (χ1) is 21.3. The van der Waals surface area contributed by atoms with Gasteiger partial charge in [-0.3, -0.25) is 0 Å². The van der Waals surface area contributed by atoms with Gasteiger partial charge in [0.25, 0.3) is 0 Å². The fourth-order valence-electron chi connectivity index (χ4n) is 11.0. The average molecular weight is 620 g/mol. The topological polar surface area (TPSA) is 103 Å². The number of nitrogens with two attached hydrogens (primary N) is 2. The Balaban J connectivity index is 1.38. The maximum atomic E-state index is 12.1. The minimum absolute atomic E-state index is 0.00624. The number of hydrogen-bond donors (Lipinski definition) is 4. The van der Waals surface area contributed by atoms with Gasteiger partial charge in [0.05, 0.1) is 18.3 Å². The molecule has 0 radical (unpaired) electrons. The van der Waals surface area contributed by atoms with Crippen LogP contribution in [-0.4, -0.2) is 62.8 Å². The zero-order chi connectivity index (χ0) is 31.6. The Morgan fingerprint density at radius 2 is 1.52 bits per heavy atom. The van der Waals surface area contributed by atoms with Crippen LogP contribution in [0.5, 0.6) is 0 Å². The highest BCUT2D eigenvalue weighted by atomic mass is 16.5. The van der Waals surface area contributed by atoms with Gasteiger partial charge in [0, 0.05) is 13.2 Å². The highest BCUT2D eigenvalue weighted by Gasteiger charge is 2.66. The van der Waals surface area contributed by atoms with Crippen LogP contribution in [0.1, 0.15) is 137 Å². The van der Waals surface area contributed by atoms with Crippen LogP contribution in [0.2, 0.25) is 0 Å². The van der Waals surface area contributed by atoms with E-state index < -0.39 is 0 Å². The summed E-state index contributed by atoms with van der Waals surface area (Å²) < 4.78 is 13.1. The zero-order valence-corrected chi connectivity index (χ0v) is 29.4. The maximum absolute atomic E-state index is 12.1. The van der Waals surface area contributed by atoms with Crippen molar-refractivity contribution < 1.29 is 14.6 Å². The van der Waals surface area contributed by atoms with E-state index in [-0.39, 0.29) is 23.0 Å². The van der Waals surface area contributed by atoms with E-state index in [0.29, 0.717) is 54.7 Å². The number of nitrogens with one attached hydrogen (secondary N) is 1. The van der Waals surface area contributed by atoms with E-state index in [9.17, 15) is 5.11 Å². The molecule has 4 fully saturated rings. The van der Waals surface area contributed by atoms with E-state index in [1.807, 2.05) is 0 Å². The average Bonchev–Trinajstić information content (AvgIpc) is 3.37. The second-order valence-corrected chi connectivity index (χ2v) is 16.1. The van der Waals surface area contributed by atoms with Crippen LogP contribution in [0.25, 0.3) is 0 Å². The third-order valence-corrected chi connectivity index (χ3v) is 13.6. The number of unbranched alkanes of at least 4 members (excludes halogenated alkanes) is 5. The molecule has 0 aromatic heterocycles. The summed E-state index contributed by atoms with van der Waals surface area (Å²) in [5.41, 5.74) is 11.9. The molecule has 0 amide bonds. The van der Waals surface area contributed by atoms with Crippen LogP contribution in [0.15, 0.2) is 0 Å². The summed E-state index contributed by atoms with van der Waals surface area (Å²) in [6, 6.07) is 0. The SMILES string of the molecule is CCCCCCCCNCCC[C@@H](C)C1CC[C@H]2C3[C@H](OCCCN)CC4C[C@H](OCCCN)CCC4(C)[C@H]3C[C@H](O)C12C. The molecule has 0 aromatic carbocycles. The number of ether oxygens (including phenoxy) is 2. The second kappa shape index (κ2) is 17.8. The van der Waals surface area contributed by atoms with Crippen LogP contribution < -0.4 is 16.8 Å². The molecule has 6 nitrogen and oxygen atoms in total. The van der Waals surface area contributed by atoms with Crippen LogP contribution >= 0.6 is 0 Å². The van der Waals surface area contributed by atoms with E-state index in [0.717, 1.165) is 64.8 Å². The van der Waals surface area contributed by atoms with Crippen molar-refractivity contribution in [2.75, 3.05) is 39.4 Å². The Bertz CT molecular complexity index is 814. The summed E-state index contributed by atoms with van der Waals surface area (Å²) in [4.78, 5) is 0. The van der Waals surface area contributed by atoms with Crippen molar-refractivity contribution >= 4 is 0 Å². The normalized spacial score (nSPS) is 39.1. The second-order valence-electron chi connectivity index (χ2n) is 16.1. The fraction of sp³-hybridized carbons (Fsp3) is 1.00. The number of rotatable bonds is 20. The van der Waals surface area contributed by atoms with E-state index in [1.165, 1.54) is 70.6 Å². The standard InChI is InChI=1S/C38H73N3O3/c1-5-6-7-8-9-10-21-41-22-11-14-28(2)31-15-16-32-36-33(27-35(42)38(31,32)4)37(3)18-17-30(43-23-12-19-39)25-29(37)26-34(36)44-24-13-20-40/h28-36,41-42H,5-27,39-40H2,1-4H3/t28-,29?,30-,31?,32+,33+,34-,35+,36?,37?,38?/m1/s1. The third-order valence-electron chi connectivity index (χ3n) is 13.6. The molecule has 5 unspecified atom stereocenters. The third kappa shape index (κ3) is 8.42. The van der Waals surface area contributed by atoms with Gasteiger partial charge in [-0.15, -0.1) is 0 Å². The van der Waals surface area contributed by atoms with Crippen molar-refractivity contribution in [3.63, 3.8) is 0 Å². The lowest BCUT2D eigenvalue weighted by atomic mass is 9.43. The fourth-order valence-corrected chi connectivity index (χ4v) is 11.0. The predicted molar refractivity (Wildman–Crippen MR) is 183 cm³/mol. The maximum Gasteiger partial charge on any atom is 0.0611 e. The molecule has 11 atom stereocenters. The molecule has 0 aromatic rings. The first-order valence-corrected chi connectivity index (χ1v) is 19.3. The molecule has 6 heteroatoms. The minimum atomic E-state index is -0.215. The van der Waals surface area contributed by atoms with Gasteiger partial charge < -0.3 is 31.4 Å². The molecule has 4 rings (SSSR count). The zero-order valence-electron chi connectivity index (χ0n) is 29.4. The lowest BCUT2D eigenvalue weighted by molar-refractivity contribution is -0.218. The van der Waals surface area contributed by atoms with Gasteiger partial charge in [-0.05, 0) is 150 Å². The van der Waals surface area contributed by atoms with Crippen LogP contribution in [-0.2, 0) is 9.47 Å². The molecule has 0 saturated heterocycles. The highest BCUT2D eigenvalue weighted by molar-refractivity contribution is 5.14. The van der Waals surface area contributed by atoms with Gasteiger partial charge in [-0.25, -0.2) is 0 Å². The molecular formula is C38H73N3O3. The molecule has 0 bridgehead atoms. The van der Waals surface area contributed by atoms with E-state index in [2.05, 4.69) is 33.0 Å². The molecule has 0 spiro atoms. The van der Waals surface area contributed by atoms with Gasteiger partial charge >= 0.3 is 0 Å². The lowest BCUT2D eigenvalue weighted by Crippen LogP contribution is -2.62. The summed E-state index contributed by atoms with van der Waals surface area (Å²) in [6.07, 6.45) is 21.1. The van der Waals surface area contributed by atoms with Gasteiger partial charge in [0.2, 0.25) is 0 Å². The quantitative estimate of drug-likeness (QED) is 0.109. The first-order valence-electron chi connectivity index (χ1n) is 19.3. The van der Waals surface area contributed by atoms with Crippen molar-refractivity contribution in [3.05, 3.63) is 0 Å². The summed E-state index contributed by atoms with van der Waals surface area (Å²) in [5.74, 6) is 3.48. The molecule has 0 aliphatic heterocycles. The van der Waals surface area contributed by atoms with Crippen LogP contribution in [0.4, 0.5) is 0 Å². The Hall–Kier alpha value is -0.240. The Kier molecular flexibility index (Phi) is 14.8. The molecule has 4 saturated carbocycles. The summed E-state index contributed by atoms with van der Waals surface area (Å²) in [6.45, 7) is 15.1. The largest absolute Gasteiger partial charge is 0.393 e. The number of hydrogen-bond acceptors (Lipinski definition) is 6. The minimum Gasteiger partial charge on any atom is -0.393 e. The van der Waals surface area contributed by atoms with E-state index >= 15 is 0 Å². The molecule has 0 heterocycles. The molecule has 4 aliphatic carbocycles.